The number of benzene rings is 3. The standard InChI is InChI=1S/C28H25N3O4/c1-32-16-15-28(18-29-20-30-19-28)34-25-13-11-24(12-14-25)33-23-9-7-22(8-10-23)27-17-26(31-35-27)21-5-3-2-4-6-21/h2-14,17-18,20H,15-16,19H2,1H3. The van der Waals surface area contributed by atoms with Crippen LogP contribution in [0.2, 0.25) is 0 Å². The SMILES string of the molecule is COCCC1(Oc2ccc(Oc3ccc(-c4cc(-c5ccccc5)no4)cc3)cc2)C=NC=NC1. The maximum atomic E-state index is 6.23. The molecular weight excluding hydrogens is 442 g/mol. The van der Waals surface area contributed by atoms with E-state index in [4.69, 9.17) is 18.7 Å². The molecular formula is C28H25N3O4. The van der Waals surface area contributed by atoms with Gasteiger partial charge in [0.2, 0.25) is 0 Å². The summed E-state index contributed by atoms with van der Waals surface area (Å²) >= 11 is 0. The largest absolute Gasteiger partial charge is 0.480 e. The maximum absolute atomic E-state index is 6.23. The summed E-state index contributed by atoms with van der Waals surface area (Å²) in [5.41, 5.74) is 2.14. The van der Waals surface area contributed by atoms with Crippen molar-refractivity contribution in [2.24, 2.45) is 9.98 Å². The van der Waals surface area contributed by atoms with Gasteiger partial charge in [-0.05, 0) is 48.5 Å². The second-order valence-electron chi connectivity index (χ2n) is 8.18. The monoisotopic (exact) mass is 467 g/mol. The minimum Gasteiger partial charge on any atom is -0.480 e. The number of nitrogens with zero attached hydrogens (tertiary/aromatic N) is 3. The number of ether oxygens (including phenoxy) is 3. The molecule has 7 nitrogen and oxygen atoms in total. The van der Waals surface area contributed by atoms with E-state index < -0.39 is 5.60 Å². The smallest absolute Gasteiger partial charge is 0.167 e. The Balaban J connectivity index is 1.23. The van der Waals surface area contributed by atoms with Gasteiger partial charge in [0, 0.05) is 30.7 Å². The molecule has 0 spiro atoms. The zero-order valence-corrected chi connectivity index (χ0v) is 19.3. The molecule has 0 aliphatic carbocycles. The molecule has 1 aliphatic heterocycles. The highest BCUT2D eigenvalue weighted by Crippen LogP contribution is 2.30. The normalized spacial score (nSPS) is 16.8. The zero-order valence-electron chi connectivity index (χ0n) is 19.3. The predicted molar refractivity (Wildman–Crippen MR) is 136 cm³/mol. The summed E-state index contributed by atoms with van der Waals surface area (Å²) in [6, 6.07) is 27.1. The van der Waals surface area contributed by atoms with Gasteiger partial charge in [-0.1, -0.05) is 35.5 Å². The summed E-state index contributed by atoms with van der Waals surface area (Å²) < 4.78 is 23.0. The van der Waals surface area contributed by atoms with Crippen molar-refractivity contribution >= 4 is 12.6 Å². The molecule has 0 N–H and O–H groups in total. The molecule has 0 fully saturated rings. The summed E-state index contributed by atoms with van der Waals surface area (Å²) in [5.74, 6) is 2.84. The Morgan fingerprint density at radius 2 is 1.57 bits per heavy atom. The van der Waals surface area contributed by atoms with Gasteiger partial charge in [0.1, 0.15) is 29.3 Å². The first-order valence-electron chi connectivity index (χ1n) is 11.3. The van der Waals surface area contributed by atoms with Crippen LogP contribution in [0.25, 0.3) is 22.6 Å². The summed E-state index contributed by atoms with van der Waals surface area (Å²) in [6.45, 7) is 1.06. The Morgan fingerprint density at radius 1 is 0.857 bits per heavy atom. The molecule has 1 aliphatic rings. The lowest BCUT2D eigenvalue weighted by molar-refractivity contribution is 0.0952. The van der Waals surface area contributed by atoms with Crippen molar-refractivity contribution in [3.05, 3.63) is 84.9 Å². The summed E-state index contributed by atoms with van der Waals surface area (Å²) in [5, 5.41) is 4.18. The fourth-order valence-corrected chi connectivity index (χ4v) is 3.77. The van der Waals surface area contributed by atoms with E-state index in [1.807, 2.05) is 84.9 Å². The zero-order chi connectivity index (χ0) is 23.9. The Bertz CT molecular complexity index is 1300. The molecule has 4 aromatic rings. The van der Waals surface area contributed by atoms with Gasteiger partial charge < -0.3 is 18.7 Å². The molecule has 1 unspecified atom stereocenters. The molecule has 5 rings (SSSR count). The fraction of sp³-hybridized carbons (Fsp3) is 0.179. The van der Waals surface area contributed by atoms with Crippen LogP contribution in [0.3, 0.4) is 0 Å². The Hall–Kier alpha value is -4.23. The van der Waals surface area contributed by atoms with Crippen molar-refractivity contribution in [1.29, 1.82) is 0 Å². The van der Waals surface area contributed by atoms with Crippen LogP contribution in [0.15, 0.2) is 99.4 Å². The van der Waals surface area contributed by atoms with Gasteiger partial charge in [0.15, 0.2) is 11.4 Å². The molecule has 35 heavy (non-hydrogen) atoms. The quantitative estimate of drug-likeness (QED) is 0.299. The number of hydrogen-bond acceptors (Lipinski definition) is 7. The van der Waals surface area contributed by atoms with Gasteiger partial charge in [0.05, 0.1) is 19.4 Å². The van der Waals surface area contributed by atoms with Crippen LogP contribution in [0.1, 0.15) is 6.42 Å². The van der Waals surface area contributed by atoms with E-state index in [1.54, 1.807) is 19.7 Å². The third kappa shape index (κ3) is 5.47. The van der Waals surface area contributed by atoms with Crippen molar-refractivity contribution in [2.75, 3.05) is 20.3 Å². The third-order valence-electron chi connectivity index (χ3n) is 5.65. The minimum atomic E-state index is -0.607. The predicted octanol–water partition coefficient (Wildman–Crippen LogP) is 6.07. The van der Waals surface area contributed by atoms with Crippen molar-refractivity contribution < 1.29 is 18.7 Å². The molecule has 0 saturated heterocycles. The van der Waals surface area contributed by atoms with Crippen LogP contribution < -0.4 is 9.47 Å². The van der Waals surface area contributed by atoms with E-state index in [0.29, 0.717) is 36.8 Å². The van der Waals surface area contributed by atoms with Crippen LogP contribution >= 0.6 is 0 Å². The van der Waals surface area contributed by atoms with Gasteiger partial charge in [-0.3, -0.25) is 4.99 Å². The number of aliphatic imine (C=N–C) groups is 2. The minimum absolute atomic E-state index is 0.502. The molecule has 0 saturated carbocycles. The topological polar surface area (TPSA) is 78.4 Å². The molecule has 0 radical (unpaired) electrons. The van der Waals surface area contributed by atoms with Gasteiger partial charge >= 0.3 is 0 Å². The Morgan fingerprint density at radius 3 is 2.26 bits per heavy atom. The lowest BCUT2D eigenvalue weighted by Crippen LogP contribution is -2.43. The summed E-state index contributed by atoms with van der Waals surface area (Å²) in [6.07, 6.45) is 4.00. The van der Waals surface area contributed by atoms with Gasteiger partial charge in [-0.25, -0.2) is 4.99 Å². The summed E-state index contributed by atoms with van der Waals surface area (Å²) in [7, 11) is 1.67. The van der Waals surface area contributed by atoms with Gasteiger partial charge in [-0.2, -0.15) is 0 Å². The second kappa shape index (κ2) is 10.4. The first-order chi connectivity index (χ1) is 17.2. The fourth-order valence-electron chi connectivity index (χ4n) is 3.77. The highest BCUT2D eigenvalue weighted by Gasteiger charge is 2.31. The average Bonchev–Trinajstić information content (AvgIpc) is 3.41. The van der Waals surface area contributed by atoms with E-state index in [-0.39, 0.29) is 0 Å². The number of rotatable bonds is 9. The molecule has 3 aromatic carbocycles. The lowest BCUT2D eigenvalue weighted by Gasteiger charge is -2.30. The molecule has 7 heteroatoms. The molecule has 0 bridgehead atoms. The van der Waals surface area contributed by atoms with Crippen LogP contribution in [-0.4, -0.2) is 43.6 Å². The van der Waals surface area contributed by atoms with Crippen LogP contribution in [0.4, 0.5) is 0 Å². The first-order valence-corrected chi connectivity index (χ1v) is 11.3. The van der Waals surface area contributed by atoms with Crippen molar-refractivity contribution in [3.8, 4) is 39.8 Å². The van der Waals surface area contributed by atoms with Gasteiger partial charge in [0.25, 0.3) is 0 Å². The molecule has 1 aromatic heterocycles. The summed E-state index contributed by atoms with van der Waals surface area (Å²) in [4.78, 5) is 8.43. The van der Waals surface area contributed by atoms with E-state index in [9.17, 15) is 0 Å². The van der Waals surface area contributed by atoms with Gasteiger partial charge in [-0.15, -0.1) is 0 Å². The lowest BCUT2D eigenvalue weighted by atomic mass is 10.0. The molecule has 176 valence electrons. The third-order valence-corrected chi connectivity index (χ3v) is 5.65. The number of methoxy groups -OCH3 is 1. The molecule has 0 amide bonds. The number of aromatic nitrogens is 1. The van der Waals surface area contributed by atoms with Crippen LogP contribution in [-0.2, 0) is 4.74 Å². The molecule has 2 heterocycles. The molecule has 1 atom stereocenters. The van der Waals surface area contributed by atoms with Crippen molar-refractivity contribution in [2.45, 2.75) is 12.0 Å². The Kier molecular flexibility index (Phi) is 6.68. The number of hydrogen-bond donors (Lipinski definition) is 0. The van der Waals surface area contributed by atoms with E-state index in [1.165, 1.54) is 0 Å². The highest BCUT2D eigenvalue weighted by molar-refractivity contribution is 5.81. The van der Waals surface area contributed by atoms with Crippen molar-refractivity contribution in [3.63, 3.8) is 0 Å². The van der Waals surface area contributed by atoms with Crippen LogP contribution in [0.5, 0.6) is 17.2 Å². The van der Waals surface area contributed by atoms with Crippen LogP contribution in [0, 0.1) is 0 Å². The first kappa shape index (κ1) is 22.6. The average molecular weight is 468 g/mol. The Labute approximate surface area is 203 Å². The van der Waals surface area contributed by atoms with E-state index in [0.717, 1.165) is 22.6 Å². The van der Waals surface area contributed by atoms with Crippen molar-refractivity contribution in [1.82, 2.24) is 5.16 Å². The van der Waals surface area contributed by atoms with E-state index in [2.05, 4.69) is 15.1 Å². The highest BCUT2D eigenvalue weighted by atomic mass is 16.5. The second-order valence-corrected chi connectivity index (χ2v) is 8.18. The van der Waals surface area contributed by atoms with E-state index >= 15 is 0 Å². The maximum Gasteiger partial charge on any atom is 0.167 e.